The Morgan fingerprint density at radius 2 is 1.73 bits per heavy atom. The topological polar surface area (TPSA) is 120 Å². The summed E-state index contributed by atoms with van der Waals surface area (Å²) in [7, 11) is 1.64. The molecule has 0 aromatic heterocycles. The highest BCUT2D eigenvalue weighted by molar-refractivity contribution is 5.91. The Bertz CT molecular complexity index is 570. The highest BCUT2D eigenvalue weighted by Gasteiger charge is 2.36. The molecule has 0 radical (unpaired) electrons. The van der Waals surface area contributed by atoms with Gasteiger partial charge in [-0.25, -0.2) is 5.43 Å². The van der Waals surface area contributed by atoms with Crippen LogP contribution in [0.25, 0.3) is 0 Å². The van der Waals surface area contributed by atoms with Crippen LogP contribution in [0.1, 0.15) is 65.7 Å². The van der Waals surface area contributed by atoms with Gasteiger partial charge in [0.1, 0.15) is 6.04 Å². The second-order valence-corrected chi connectivity index (χ2v) is 8.65. The Morgan fingerprint density at radius 3 is 2.37 bits per heavy atom. The van der Waals surface area contributed by atoms with Crippen LogP contribution in [-0.4, -0.2) is 55.3 Å². The van der Waals surface area contributed by atoms with Crippen molar-refractivity contribution in [1.29, 1.82) is 0 Å². The molecule has 1 heterocycles. The molecule has 1 aliphatic rings. The van der Waals surface area contributed by atoms with Crippen LogP contribution in [-0.2, 0) is 14.4 Å². The Hall–Kier alpha value is -2.03. The monoisotopic (exact) mass is 425 g/mol. The molecule has 9 nitrogen and oxygen atoms in total. The van der Waals surface area contributed by atoms with Crippen molar-refractivity contribution < 1.29 is 14.4 Å². The molecule has 9 heteroatoms. The maximum atomic E-state index is 13.3. The highest BCUT2D eigenvalue weighted by atomic mass is 16.3. The maximum Gasteiger partial charge on any atom is 0.246 e. The number of nitrogens with one attached hydrogen (secondary N) is 3. The van der Waals surface area contributed by atoms with E-state index in [4.69, 9.17) is 0 Å². The summed E-state index contributed by atoms with van der Waals surface area (Å²) in [6.45, 7) is 8.05. The lowest BCUT2D eigenvalue weighted by atomic mass is 9.84. The van der Waals surface area contributed by atoms with E-state index in [1.54, 1.807) is 14.0 Å². The number of hydrogen-bond donors (Lipinski definition) is 3. The molecule has 0 saturated carbocycles. The fourth-order valence-corrected chi connectivity index (χ4v) is 3.87. The first-order chi connectivity index (χ1) is 14.3. The third-order valence-corrected chi connectivity index (χ3v) is 5.74. The Balaban J connectivity index is 2.96. The van der Waals surface area contributed by atoms with Gasteiger partial charge in [0.15, 0.2) is 0 Å². The van der Waals surface area contributed by atoms with Crippen LogP contribution in [0.4, 0.5) is 0 Å². The highest BCUT2D eigenvalue weighted by Crippen LogP contribution is 2.25. The molecule has 172 valence electrons. The van der Waals surface area contributed by atoms with Gasteiger partial charge in [0.25, 0.3) is 0 Å². The van der Waals surface area contributed by atoms with Gasteiger partial charge in [-0.3, -0.25) is 14.4 Å². The first kappa shape index (κ1) is 26.0. The number of rotatable bonds is 7. The van der Waals surface area contributed by atoms with E-state index < -0.39 is 23.8 Å². The Morgan fingerprint density at radius 1 is 1.10 bits per heavy atom. The molecule has 3 N–H and O–H groups in total. The number of likely N-dealkylation sites (N-methyl/N-ethyl adjacent to an activating group) is 1. The van der Waals surface area contributed by atoms with Crippen molar-refractivity contribution in [2.45, 2.75) is 71.8 Å². The van der Waals surface area contributed by atoms with Crippen LogP contribution in [0.3, 0.4) is 0 Å². The summed E-state index contributed by atoms with van der Waals surface area (Å²) >= 11 is 0. The van der Waals surface area contributed by atoms with Gasteiger partial charge in [0.2, 0.25) is 17.7 Å². The largest absolute Gasteiger partial charge is 0.354 e. The number of nitrogens with zero attached hydrogens (tertiary/aromatic N) is 2. The van der Waals surface area contributed by atoms with Crippen LogP contribution in [0.15, 0.2) is 5.29 Å². The summed E-state index contributed by atoms with van der Waals surface area (Å²) in [6, 6.07) is -0.577. The Kier molecular flexibility index (Phi) is 12.2. The molecular formula is C21H39N5O4. The van der Waals surface area contributed by atoms with Gasteiger partial charge >= 0.3 is 0 Å². The van der Waals surface area contributed by atoms with Crippen LogP contribution in [0, 0.1) is 22.7 Å². The smallest absolute Gasteiger partial charge is 0.246 e. The molecule has 0 aromatic carbocycles. The standard InChI is InChI=1S/C21H39N5O4/c1-15(2)14-17(16(3)19(27)24-25-30)21(29)26(4)18-10-6-9-12-22-11-7-5-8-13-23-20(18)28/h15-18,22H,5-14H2,1-4H3,(H,23,28)(H,24,27,30)/t16?,17?,18-/m0/s1. The second kappa shape index (κ2) is 14.1. The van der Waals surface area contributed by atoms with Crippen LogP contribution in [0.2, 0.25) is 0 Å². The van der Waals surface area contributed by atoms with Crippen molar-refractivity contribution in [3.05, 3.63) is 4.91 Å². The van der Waals surface area contributed by atoms with Crippen molar-refractivity contribution in [1.82, 2.24) is 21.0 Å². The summed E-state index contributed by atoms with van der Waals surface area (Å²) < 4.78 is 0. The molecule has 1 rings (SSSR count). The molecule has 0 spiro atoms. The van der Waals surface area contributed by atoms with Gasteiger partial charge in [-0.05, 0) is 57.5 Å². The van der Waals surface area contributed by atoms with Crippen LogP contribution in [0.5, 0.6) is 0 Å². The number of nitroso groups, excluding NO2 is 1. The van der Waals surface area contributed by atoms with E-state index in [-0.39, 0.29) is 17.7 Å². The van der Waals surface area contributed by atoms with Crippen molar-refractivity contribution in [2.75, 3.05) is 26.7 Å². The zero-order valence-electron chi connectivity index (χ0n) is 18.9. The zero-order valence-corrected chi connectivity index (χ0v) is 18.9. The van der Waals surface area contributed by atoms with Crippen LogP contribution >= 0.6 is 0 Å². The van der Waals surface area contributed by atoms with Crippen molar-refractivity contribution in [3.63, 3.8) is 0 Å². The number of carbonyl (C=O) groups excluding carboxylic acids is 3. The molecule has 0 aromatic rings. The molecule has 1 aliphatic heterocycles. The van der Waals surface area contributed by atoms with Gasteiger partial charge < -0.3 is 15.5 Å². The number of amides is 3. The van der Waals surface area contributed by atoms with Gasteiger partial charge in [-0.15, -0.1) is 4.91 Å². The van der Waals surface area contributed by atoms with Gasteiger partial charge in [0, 0.05) is 25.4 Å². The minimum Gasteiger partial charge on any atom is -0.354 e. The summed E-state index contributed by atoms with van der Waals surface area (Å²) in [5.41, 5.74) is 1.91. The van der Waals surface area contributed by atoms with Crippen molar-refractivity contribution in [2.24, 2.45) is 23.0 Å². The average molecular weight is 426 g/mol. The van der Waals surface area contributed by atoms with Gasteiger partial charge in [0.05, 0.1) is 5.29 Å². The third-order valence-electron chi connectivity index (χ3n) is 5.74. The number of hydrogen-bond acceptors (Lipinski definition) is 6. The molecule has 30 heavy (non-hydrogen) atoms. The van der Waals surface area contributed by atoms with E-state index in [2.05, 4.69) is 15.9 Å². The molecular weight excluding hydrogens is 386 g/mol. The Labute approximate surface area is 180 Å². The van der Waals surface area contributed by atoms with E-state index >= 15 is 0 Å². The second-order valence-electron chi connectivity index (χ2n) is 8.65. The van der Waals surface area contributed by atoms with Crippen molar-refractivity contribution >= 4 is 17.7 Å². The lowest BCUT2D eigenvalue weighted by molar-refractivity contribution is -0.146. The summed E-state index contributed by atoms with van der Waals surface area (Å²) in [5, 5.41) is 8.83. The first-order valence-corrected chi connectivity index (χ1v) is 11.2. The molecule has 2 unspecified atom stereocenters. The molecule has 1 fully saturated rings. The summed E-state index contributed by atoms with van der Waals surface area (Å²) in [4.78, 5) is 50.3. The van der Waals surface area contributed by atoms with Crippen molar-refractivity contribution in [3.8, 4) is 0 Å². The summed E-state index contributed by atoms with van der Waals surface area (Å²) in [5.74, 6) is -2.15. The van der Waals surface area contributed by atoms with Crippen LogP contribution < -0.4 is 16.1 Å². The van der Waals surface area contributed by atoms with E-state index in [0.717, 1.165) is 45.2 Å². The van der Waals surface area contributed by atoms with E-state index in [1.807, 2.05) is 19.3 Å². The van der Waals surface area contributed by atoms with Gasteiger partial charge in [-0.1, -0.05) is 27.2 Å². The normalized spacial score (nSPS) is 21.2. The maximum absolute atomic E-state index is 13.3. The predicted octanol–water partition coefficient (Wildman–Crippen LogP) is 1.97. The lowest BCUT2D eigenvalue weighted by Crippen LogP contribution is -2.51. The molecule has 1 saturated heterocycles. The minimum atomic E-state index is -0.720. The molecule has 0 aliphatic carbocycles. The average Bonchev–Trinajstić information content (AvgIpc) is 2.72. The van der Waals surface area contributed by atoms with E-state index in [1.165, 1.54) is 4.90 Å². The molecule has 3 amide bonds. The SMILES string of the molecule is CC(C)CC(C(=O)N(C)[C@H]1CCCCNCCCCCNC1=O)C(C)C(=O)NN=O. The minimum absolute atomic E-state index is 0.145. The van der Waals surface area contributed by atoms with Gasteiger partial charge in [-0.2, -0.15) is 0 Å². The third kappa shape index (κ3) is 8.77. The zero-order chi connectivity index (χ0) is 22.5. The van der Waals surface area contributed by atoms with E-state index in [0.29, 0.717) is 19.4 Å². The fraction of sp³-hybridized carbons (Fsp3) is 0.857. The first-order valence-electron chi connectivity index (χ1n) is 11.2. The molecule has 0 bridgehead atoms. The van der Waals surface area contributed by atoms with E-state index in [9.17, 15) is 19.3 Å². The predicted molar refractivity (Wildman–Crippen MR) is 116 cm³/mol. The summed E-state index contributed by atoms with van der Waals surface area (Å²) in [6.07, 6.45) is 5.84. The molecule has 3 atom stereocenters. The number of carbonyl (C=O) groups is 3. The lowest BCUT2D eigenvalue weighted by Gasteiger charge is -2.33. The fourth-order valence-electron chi connectivity index (χ4n) is 3.87. The quantitative estimate of drug-likeness (QED) is 0.425.